The highest BCUT2D eigenvalue weighted by Gasteiger charge is 2.38. The summed E-state index contributed by atoms with van der Waals surface area (Å²) in [5, 5.41) is 12.2. The predicted octanol–water partition coefficient (Wildman–Crippen LogP) is 1.09. The molecule has 0 aliphatic heterocycles. The summed E-state index contributed by atoms with van der Waals surface area (Å²) in [6, 6.07) is 2.80. The number of nitrogens with one attached hydrogen (secondary N) is 1. The van der Waals surface area contributed by atoms with Crippen molar-refractivity contribution in [3.8, 4) is 6.07 Å². The summed E-state index contributed by atoms with van der Waals surface area (Å²) in [6.45, 7) is 0. The van der Waals surface area contributed by atoms with Crippen LogP contribution >= 0.6 is 0 Å². The Morgan fingerprint density at radius 1 is 1.71 bits per heavy atom. The van der Waals surface area contributed by atoms with Gasteiger partial charge in [0.15, 0.2) is 0 Å². The first kappa shape index (κ1) is 9.22. The van der Waals surface area contributed by atoms with Crippen molar-refractivity contribution in [1.29, 1.82) is 5.26 Å². The number of rotatable bonds is 2. The largest absolute Gasteiger partial charge is 0.334 e. The summed E-state index contributed by atoms with van der Waals surface area (Å²) in [4.78, 5) is 4.03. The van der Waals surface area contributed by atoms with Crippen molar-refractivity contribution in [1.82, 2.24) is 14.9 Å². The molecule has 0 amide bonds. The number of nitrogens with zero attached hydrogens (tertiary/aromatic N) is 3. The Labute approximate surface area is 83.6 Å². The maximum Gasteiger partial charge on any atom is 0.108 e. The van der Waals surface area contributed by atoms with E-state index in [1.165, 1.54) is 0 Å². The smallest absolute Gasteiger partial charge is 0.108 e. The molecule has 1 saturated carbocycles. The first-order valence-electron chi connectivity index (χ1n) is 4.87. The van der Waals surface area contributed by atoms with Crippen LogP contribution in [0.1, 0.15) is 25.3 Å². The minimum Gasteiger partial charge on any atom is -0.334 e. The molecule has 1 aliphatic carbocycles. The molecule has 1 aromatic heterocycles. The third kappa shape index (κ3) is 1.40. The first-order chi connectivity index (χ1) is 6.79. The average molecular weight is 190 g/mol. The number of hydrogen-bond acceptors (Lipinski definition) is 3. The van der Waals surface area contributed by atoms with Gasteiger partial charge in [-0.25, -0.2) is 4.98 Å². The van der Waals surface area contributed by atoms with E-state index in [2.05, 4.69) is 20.9 Å². The number of imidazole rings is 1. The van der Waals surface area contributed by atoms with E-state index < -0.39 is 0 Å². The molecule has 1 fully saturated rings. The number of aromatic nitrogens is 2. The zero-order chi connectivity index (χ0) is 10.0. The monoisotopic (exact) mass is 190 g/mol. The SMILES string of the molecule is CNC1(C#N)CCC(n2ccnc2)C1. The van der Waals surface area contributed by atoms with Crippen LogP contribution in [0.5, 0.6) is 0 Å². The predicted molar refractivity (Wildman–Crippen MR) is 52.5 cm³/mol. The van der Waals surface area contributed by atoms with Crippen molar-refractivity contribution in [2.24, 2.45) is 0 Å². The summed E-state index contributed by atoms with van der Waals surface area (Å²) >= 11 is 0. The van der Waals surface area contributed by atoms with Gasteiger partial charge in [-0.05, 0) is 26.3 Å². The zero-order valence-electron chi connectivity index (χ0n) is 8.27. The molecule has 4 heteroatoms. The molecule has 2 atom stereocenters. The lowest BCUT2D eigenvalue weighted by molar-refractivity contribution is 0.429. The summed E-state index contributed by atoms with van der Waals surface area (Å²) in [6.07, 6.45) is 8.41. The molecule has 0 radical (unpaired) electrons. The van der Waals surface area contributed by atoms with Crippen LogP contribution in [-0.2, 0) is 0 Å². The van der Waals surface area contributed by atoms with E-state index in [0.29, 0.717) is 6.04 Å². The fraction of sp³-hybridized carbons (Fsp3) is 0.600. The molecule has 0 saturated heterocycles. The highest BCUT2D eigenvalue weighted by molar-refractivity contribution is 5.12. The molecule has 0 spiro atoms. The van der Waals surface area contributed by atoms with Crippen molar-refractivity contribution < 1.29 is 0 Å². The van der Waals surface area contributed by atoms with E-state index in [4.69, 9.17) is 5.26 Å². The molecule has 1 heterocycles. The van der Waals surface area contributed by atoms with Crippen LogP contribution in [0, 0.1) is 11.3 Å². The molecule has 4 nitrogen and oxygen atoms in total. The molecule has 2 unspecified atom stereocenters. The Morgan fingerprint density at radius 2 is 2.57 bits per heavy atom. The number of nitriles is 1. The second kappa shape index (κ2) is 3.43. The van der Waals surface area contributed by atoms with Gasteiger partial charge in [0, 0.05) is 18.4 Å². The standard InChI is InChI=1S/C10H14N4/c1-12-10(7-11)3-2-9(6-10)14-5-4-13-8-14/h4-5,8-9,12H,2-3,6H2,1H3. The molecule has 1 N–H and O–H groups in total. The van der Waals surface area contributed by atoms with Crippen LogP contribution in [0.2, 0.25) is 0 Å². The summed E-state index contributed by atoms with van der Waals surface area (Å²) in [7, 11) is 1.86. The van der Waals surface area contributed by atoms with E-state index in [1.807, 2.05) is 19.6 Å². The summed E-state index contributed by atoms with van der Waals surface area (Å²) in [5.74, 6) is 0. The summed E-state index contributed by atoms with van der Waals surface area (Å²) in [5.41, 5.74) is -0.324. The van der Waals surface area contributed by atoms with Gasteiger partial charge < -0.3 is 9.88 Å². The molecule has 1 aromatic rings. The minimum atomic E-state index is -0.324. The van der Waals surface area contributed by atoms with Crippen LogP contribution in [0.4, 0.5) is 0 Å². The normalized spacial score (nSPS) is 31.6. The molecule has 1 aliphatic rings. The Morgan fingerprint density at radius 3 is 3.07 bits per heavy atom. The second-order valence-electron chi connectivity index (χ2n) is 3.85. The van der Waals surface area contributed by atoms with E-state index >= 15 is 0 Å². The fourth-order valence-electron chi connectivity index (χ4n) is 2.14. The Balaban J connectivity index is 2.12. The molecule has 2 rings (SSSR count). The molecular weight excluding hydrogens is 176 g/mol. The molecule has 0 bridgehead atoms. The lowest BCUT2D eigenvalue weighted by atomic mass is 10.0. The van der Waals surface area contributed by atoms with Crippen LogP contribution in [0.3, 0.4) is 0 Å². The topological polar surface area (TPSA) is 53.6 Å². The van der Waals surface area contributed by atoms with Gasteiger partial charge in [-0.15, -0.1) is 0 Å². The minimum absolute atomic E-state index is 0.324. The first-order valence-corrected chi connectivity index (χ1v) is 4.87. The van der Waals surface area contributed by atoms with Crippen molar-refractivity contribution >= 4 is 0 Å². The fourth-order valence-corrected chi connectivity index (χ4v) is 2.14. The van der Waals surface area contributed by atoms with Gasteiger partial charge in [-0.1, -0.05) is 0 Å². The van der Waals surface area contributed by atoms with E-state index in [0.717, 1.165) is 19.3 Å². The Bertz CT molecular complexity index is 338. The van der Waals surface area contributed by atoms with E-state index in [1.54, 1.807) is 6.20 Å². The Kier molecular flexibility index (Phi) is 2.26. The van der Waals surface area contributed by atoms with Crippen LogP contribution in [-0.4, -0.2) is 22.1 Å². The number of hydrogen-bond donors (Lipinski definition) is 1. The quantitative estimate of drug-likeness (QED) is 0.759. The van der Waals surface area contributed by atoms with Gasteiger partial charge in [-0.3, -0.25) is 0 Å². The Hall–Kier alpha value is -1.34. The molecule has 74 valence electrons. The molecule has 14 heavy (non-hydrogen) atoms. The summed E-state index contributed by atoms with van der Waals surface area (Å²) < 4.78 is 2.09. The second-order valence-corrected chi connectivity index (χ2v) is 3.85. The molecule has 0 aromatic carbocycles. The van der Waals surface area contributed by atoms with Crippen LogP contribution in [0.25, 0.3) is 0 Å². The highest BCUT2D eigenvalue weighted by Crippen LogP contribution is 2.36. The van der Waals surface area contributed by atoms with Crippen LogP contribution in [0.15, 0.2) is 18.7 Å². The zero-order valence-corrected chi connectivity index (χ0v) is 8.27. The van der Waals surface area contributed by atoms with E-state index in [-0.39, 0.29) is 5.54 Å². The van der Waals surface area contributed by atoms with Crippen molar-refractivity contribution in [3.05, 3.63) is 18.7 Å². The van der Waals surface area contributed by atoms with Crippen molar-refractivity contribution in [3.63, 3.8) is 0 Å². The van der Waals surface area contributed by atoms with Gasteiger partial charge in [0.05, 0.1) is 12.4 Å². The lowest BCUT2D eigenvalue weighted by Crippen LogP contribution is -2.38. The molecular formula is C10H14N4. The van der Waals surface area contributed by atoms with Gasteiger partial charge in [0.25, 0.3) is 0 Å². The third-order valence-electron chi connectivity index (χ3n) is 3.13. The highest BCUT2D eigenvalue weighted by atomic mass is 15.1. The van der Waals surface area contributed by atoms with Crippen LogP contribution < -0.4 is 5.32 Å². The van der Waals surface area contributed by atoms with Gasteiger partial charge in [0.1, 0.15) is 5.54 Å². The maximum absolute atomic E-state index is 9.09. The van der Waals surface area contributed by atoms with Gasteiger partial charge >= 0.3 is 0 Å². The van der Waals surface area contributed by atoms with Gasteiger partial charge in [-0.2, -0.15) is 5.26 Å². The third-order valence-corrected chi connectivity index (χ3v) is 3.13. The lowest BCUT2D eigenvalue weighted by Gasteiger charge is -2.19. The average Bonchev–Trinajstić information content (AvgIpc) is 2.87. The van der Waals surface area contributed by atoms with E-state index in [9.17, 15) is 0 Å². The maximum atomic E-state index is 9.09. The van der Waals surface area contributed by atoms with Gasteiger partial charge in [0.2, 0.25) is 0 Å². The van der Waals surface area contributed by atoms with Crippen molar-refractivity contribution in [2.75, 3.05) is 7.05 Å². The van der Waals surface area contributed by atoms with Crippen molar-refractivity contribution in [2.45, 2.75) is 30.8 Å².